The molecule has 1 atom stereocenters. The second kappa shape index (κ2) is 3.48. The van der Waals surface area contributed by atoms with Gasteiger partial charge in [-0.05, 0) is 7.05 Å². The lowest BCUT2D eigenvalue weighted by Gasteiger charge is -2.24. The third-order valence-electron chi connectivity index (χ3n) is 0.438. The van der Waals surface area contributed by atoms with Gasteiger partial charge in [0.1, 0.15) is 4.23 Å². The maximum atomic E-state index is 10.0. The predicted octanol–water partition coefficient (Wildman–Crippen LogP) is 0.0946. The fourth-order valence-electron chi connectivity index (χ4n) is 0.0972. The number of hydroxylamine groups is 2. The van der Waals surface area contributed by atoms with E-state index in [9.17, 15) is 5.21 Å². The molecule has 0 radical (unpaired) electrons. The Morgan fingerprint density at radius 2 is 2.43 bits per heavy atom. The molecular weight excluding hydrogens is 209 g/mol. The van der Waals surface area contributed by atoms with Gasteiger partial charge >= 0.3 is 0 Å². The van der Waals surface area contributed by atoms with Gasteiger partial charge < -0.3 is 15.4 Å². The van der Waals surface area contributed by atoms with Crippen LogP contribution in [0.15, 0.2) is 0 Å². The van der Waals surface area contributed by atoms with Crippen LogP contribution in [-0.4, -0.2) is 26.0 Å². The average Bonchev–Trinajstić information content (AvgIpc) is 1.65. The van der Waals surface area contributed by atoms with E-state index in [4.69, 9.17) is 5.11 Å². The van der Waals surface area contributed by atoms with Crippen molar-refractivity contribution in [3.05, 3.63) is 5.21 Å². The van der Waals surface area contributed by atoms with Gasteiger partial charge in [0, 0.05) is 0 Å². The molecule has 0 saturated carbocycles. The summed E-state index contributed by atoms with van der Waals surface area (Å²) >= 11 is -0.577. The Morgan fingerprint density at radius 3 is 2.43 bits per heavy atom. The van der Waals surface area contributed by atoms with E-state index >= 15 is 0 Å². The highest BCUT2D eigenvalue weighted by molar-refractivity contribution is 14.2. The summed E-state index contributed by atoms with van der Waals surface area (Å²) in [5.74, 6) is 0. The number of hydrogen-bond acceptors (Lipinski definition) is 3. The number of rotatable bonds is 2. The van der Waals surface area contributed by atoms with E-state index in [0.29, 0.717) is 5.06 Å². The normalized spacial score (nSPS) is 14.9. The lowest BCUT2D eigenvalue weighted by Crippen LogP contribution is -2.18. The van der Waals surface area contributed by atoms with E-state index in [0.717, 1.165) is 0 Å². The van der Waals surface area contributed by atoms with Crippen molar-refractivity contribution >= 4 is 25.2 Å². The van der Waals surface area contributed by atoms with Crippen molar-refractivity contribution in [1.82, 2.24) is 5.06 Å². The van der Waals surface area contributed by atoms with E-state index in [1.54, 1.807) is 0 Å². The molecular formula is C3H7INO2-. The maximum absolute atomic E-state index is 10.0. The monoisotopic (exact) mass is 216 g/mol. The molecule has 1 unspecified atom stereocenters. The second-order valence-electron chi connectivity index (χ2n) is 1.01. The lowest BCUT2D eigenvalue weighted by atomic mass is 11.1. The summed E-state index contributed by atoms with van der Waals surface area (Å²) in [5.41, 5.74) is 0. The van der Waals surface area contributed by atoms with Crippen LogP contribution in [0.2, 0.25) is 0 Å². The van der Waals surface area contributed by atoms with Crippen molar-refractivity contribution in [3.63, 3.8) is 0 Å². The Balaban J connectivity index is 3.33. The molecule has 44 valence electrons. The Labute approximate surface area is 52.3 Å². The minimum absolute atomic E-state index is 0.514. The number of aliphatic hydroxyl groups is 1. The molecule has 0 aliphatic heterocycles. The predicted molar refractivity (Wildman–Crippen MR) is 38.3 cm³/mol. The average molecular weight is 216 g/mol. The summed E-state index contributed by atoms with van der Waals surface area (Å²) in [5, 5.41) is 19.1. The fourth-order valence-corrected chi connectivity index (χ4v) is 0.652. The van der Waals surface area contributed by atoms with Crippen molar-refractivity contribution in [2.45, 2.75) is 4.23 Å². The quantitative estimate of drug-likeness (QED) is 0.234. The number of aliphatic hydroxyl groups excluding tert-OH is 1. The van der Waals surface area contributed by atoms with Crippen LogP contribution in [0.5, 0.6) is 0 Å². The van der Waals surface area contributed by atoms with Crippen LogP contribution < -0.4 is 0 Å². The summed E-state index contributed by atoms with van der Waals surface area (Å²) in [4.78, 5) is 0. The van der Waals surface area contributed by atoms with Crippen LogP contribution in [0.1, 0.15) is 0 Å². The van der Waals surface area contributed by atoms with Crippen LogP contribution in [0, 0.1) is 5.21 Å². The molecule has 0 spiro atoms. The van der Waals surface area contributed by atoms with Gasteiger partial charge in [-0.15, -0.1) is 0 Å². The molecule has 3 nitrogen and oxygen atoms in total. The zero-order valence-corrected chi connectivity index (χ0v) is 6.12. The number of alkyl halides is 1. The first-order valence-electron chi connectivity index (χ1n) is 1.63. The Bertz CT molecular complexity index is 66.0. The molecule has 0 aromatic carbocycles. The summed E-state index contributed by atoms with van der Waals surface area (Å²) in [6.07, 6.45) is 0. The standard InChI is InChI=1S/C3H7INO2/c1-4-3(6)5(2)7/h3,6H,1H2,2H3/q-1. The van der Waals surface area contributed by atoms with Gasteiger partial charge in [0.2, 0.25) is 0 Å². The van der Waals surface area contributed by atoms with Crippen molar-refractivity contribution < 1.29 is 5.11 Å². The molecule has 0 aliphatic carbocycles. The molecule has 0 bridgehead atoms. The third-order valence-corrected chi connectivity index (χ3v) is 2.01. The van der Waals surface area contributed by atoms with E-state index in [1.165, 1.54) is 7.05 Å². The molecule has 4 heteroatoms. The largest absolute Gasteiger partial charge is 0.783 e. The summed E-state index contributed by atoms with van der Waals surface area (Å²) in [6, 6.07) is 0. The highest BCUT2D eigenvalue weighted by Gasteiger charge is 1.90. The lowest BCUT2D eigenvalue weighted by molar-refractivity contribution is 0.155. The van der Waals surface area contributed by atoms with Crippen molar-refractivity contribution in [1.29, 1.82) is 0 Å². The number of halogens is 1. The Morgan fingerprint density at radius 1 is 2.00 bits per heavy atom. The van der Waals surface area contributed by atoms with Crippen LogP contribution in [0.4, 0.5) is 0 Å². The van der Waals surface area contributed by atoms with E-state index in [-0.39, 0.29) is 0 Å². The molecule has 7 heavy (non-hydrogen) atoms. The molecule has 0 aliphatic rings. The smallest absolute Gasteiger partial charge is 0.143 e. The molecule has 0 amide bonds. The first kappa shape index (κ1) is 7.48. The highest BCUT2D eigenvalue weighted by Crippen LogP contribution is 2.03. The summed E-state index contributed by atoms with van der Waals surface area (Å²) in [7, 11) is 1.29. The summed E-state index contributed by atoms with van der Waals surface area (Å²) < 4.78 is 2.60. The molecule has 0 fully saturated rings. The Hall–Kier alpha value is 0.480. The van der Waals surface area contributed by atoms with Gasteiger partial charge in [0.05, 0.1) is 0 Å². The first-order valence-corrected chi connectivity index (χ1v) is 4.40. The number of hydrogen-bond donors (Lipinski definition) is 1. The minimum Gasteiger partial charge on any atom is -0.783 e. The van der Waals surface area contributed by atoms with E-state index < -0.39 is 25.0 Å². The van der Waals surface area contributed by atoms with Crippen molar-refractivity contribution in [2.75, 3.05) is 7.05 Å². The van der Waals surface area contributed by atoms with Crippen LogP contribution in [-0.2, 0) is 0 Å². The molecule has 0 saturated heterocycles. The highest BCUT2D eigenvalue weighted by atomic mass is 127. The van der Waals surface area contributed by atoms with Gasteiger partial charge in [0.25, 0.3) is 0 Å². The van der Waals surface area contributed by atoms with Crippen LogP contribution in [0.25, 0.3) is 0 Å². The minimum atomic E-state index is -0.821. The zero-order valence-electron chi connectivity index (χ0n) is 3.97. The Kier molecular flexibility index (Phi) is 3.72. The van der Waals surface area contributed by atoms with Crippen molar-refractivity contribution in [2.24, 2.45) is 0 Å². The van der Waals surface area contributed by atoms with Gasteiger partial charge in [-0.1, -0.05) is 25.2 Å². The zero-order chi connectivity index (χ0) is 5.86. The summed E-state index contributed by atoms with van der Waals surface area (Å²) in [6.45, 7) is 0. The number of nitrogens with zero attached hydrogens (tertiary/aromatic N) is 1. The van der Waals surface area contributed by atoms with Gasteiger partial charge in [-0.3, -0.25) is 0 Å². The fraction of sp³-hybridized carbons (Fsp3) is 0.667. The second-order valence-corrected chi connectivity index (χ2v) is 3.01. The van der Waals surface area contributed by atoms with Gasteiger partial charge in [-0.25, -0.2) is 0 Å². The maximum Gasteiger partial charge on any atom is 0.143 e. The van der Waals surface area contributed by atoms with E-state index in [1.807, 2.05) is 0 Å². The first-order chi connectivity index (χ1) is 3.18. The molecule has 0 aromatic rings. The van der Waals surface area contributed by atoms with Crippen LogP contribution >= 0.6 is 20.7 Å². The topological polar surface area (TPSA) is 46.5 Å². The SMILES string of the molecule is C=IC(O)N(C)[O-]. The van der Waals surface area contributed by atoms with E-state index in [2.05, 4.69) is 4.51 Å². The van der Waals surface area contributed by atoms with Gasteiger partial charge in [0.15, 0.2) is 0 Å². The molecule has 0 aromatic heterocycles. The van der Waals surface area contributed by atoms with Crippen LogP contribution in [0.3, 0.4) is 0 Å². The third kappa shape index (κ3) is 3.10. The van der Waals surface area contributed by atoms with Crippen molar-refractivity contribution in [3.8, 4) is 0 Å². The molecule has 0 rings (SSSR count). The molecule has 1 N–H and O–H groups in total. The molecule has 0 heterocycles. The van der Waals surface area contributed by atoms with Gasteiger partial charge in [-0.2, -0.15) is 0 Å².